The SMILES string of the molecule is O=C(CO)NCC(C(=O)O)c1c[nH]c2ccccc12. The van der Waals surface area contributed by atoms with Crippen LogP contribution in [0, 0.1) is 0 Å². The summed E-state index contributed by atoms with van der Waals surface area (Å²) in [4.78, 5) is 25.3. The summed E-state index contributed by atoms with van der Waals surface area (Å²) in [7, 11) is 0. The Balaban J connectivity index is 2.28. The first kappa shape index (κ1) is 13.1. The zero-order valence-electron chi connectivity index (χ0n) is 10.1. The third kappa shape index (κ3) is 2.74. The minimum atomic E-state index is -1.03. The summed E-state index contributed by atoms with van der Waals surface area (Å²) < 4.78 is 0. The normalized spacial score (nSPS) is 12.3. The minimum absolute atomic E-state index is 0.0590. The maximum Gasteiger partial charge on any atom is 0.312 e. The topological polar surface area (TPSA) is 102 Å². The Labute approximate surface area is 109 Å². The van der Waals surface area contributed by atoms with Gasteiger partial charge in [-0.3, -0.25) is 9.59 Å². The lowest BCUT2D eigenvalue weighted by Gasteiger charge is -2.12. The highest BCUT2D eigenvalue weighted by atomic mass is 16.4. The number of fused-ring (bicyclic) bond motifs is 1. The van der Waals surface area contributed by atoms with Gasteiger partial charge in [-0.2, -0.15) is 0 Å². The molecule has 0 spiro atoms. The Morgan fingerprint density at radius 3 is 2.74 bits per heavy atom. The van der Waals surface area contributed by atoms with Crippen LogP contribution in [0.15, 0.2) is 30.5 Å². The van der Waals surface area contributed by atoms with E-state index in [1.54, 1.807) is 6.20 Å². The second-order valence-electron chi connectivity index (χ2n) is 4.14. The van der Waals surface area contributed by atoms with E-state index < -0.39 is 24.4 Å². The molecule has 0 radical (unpaired) electrons. The fraction of sp³-hybridized carbons (Fsp3) is 0.231. The molecule has 0 saturated heterocycles. The largest absolute Gasteiger partial charge is 0.481 e. The molecule has 1 heterocycles. The van der Waals surface area contributed by atoms with Crippen molar-refractivity contribution < 1.29 is 19.8 Å². The van der Waals surface area contributed by atoms with Gasteiger partial charge in [-0.15, -0.1) is 0 Å². The Morgan fingerprint density at radius 2 is 2.05 bits per heavy atom. The van der Waals surface area contributed by atoms with Crippen molar-refractivity contribution in [3.05, 3.63) is 36.0 Å². The van der Waals surface area contributed by atoms with E-state index in [4.69, 9.17) is 5.11 Å². The lowest BCUT2D eigenvalue weighted by molar-refractivity contribution is -0.138. The fourth-order valence-corrected chi connectivity index (χ4v) is 1.98. The first-order chi connectivity index (χ1) is 9.13. The van der Waals surface area contributed by atoms with Crippen molar-refractivity contribution in [3.63, 3.8) is 0 Å². The molecule has 2 rings (SSSR count). The van der Waals surface area contributed by atoms with Crippen LogP contribution < -0.4 is 5.32 Å². The molecule has 2 aromatic rings. The van der Waals surface area contributed by atoms with Crippen molar-refractivity contribution in [2.24, 2.45) is 0 Å². The van der Waals surface area contributed by atoms with Gasteiger partial charge in [0.05, 0.1) is 0 Å². The molecule has 0 aliphatic rings. The second-order valence-corrected chi connectivity index (χ2v) is 4.14. The van der Waals surface area contributed by atoms with Gasteiger partial charge in [-0.05, 0) is 11.6 Å². The lowest BCUT2D eigenvalue weighted by atomic mass is 9.98. The third-order valence-electron chi connectivity index (χ3n) is 2.94. The predicted molar refractivity (Wildman–Crippen MR) is 68.8 cm³/mol. The second kappa shape index (κ2) is 5.53. The molecule has 4 N–H and O–H groups in total. The van der Waals surface area contributed by atoms with E-state index in [0.717, 1.165) is 10.9 Å². The first-order valence-electron chi connectivity index (χ1n) is 5.80. The van der Waals surface area contributed by atoms with E-state index in [-0.39, 0.29) is 6.54 Å². The van der Waals surface area contributed by atoms with Crippen LogP contribution in [-0.2, 0) is 9.59 Å². The molecule has 19 heavy (non-hydrogen) atoms. The maximum atomic E-state index is 11.3. The van der Waals surface area contributed by atoms with Crippen molar-refractivity contribution in [2.75, 3.05) is 13.2 Å². The van der Waals surface area contributed by atoms with Gasteiger partial charge in [0.1, 0.15) is 12.5 Å². The number of hydrogen-bond acceptors (Lipinski definition) is 3. The number of carboxylic acids is 1. The maximum absolute atomic E-state index is 11.3. The molecule has 0 bridgehead atoms. The molecular weight excluding hydrogens is 248 g/mol. The molecule has 0 aliphatic heterocycles. The molecule has 1 unspecified atom stereocenters. The number of benzene rings is 1. The van der Waals surface area contributed by atoms with Gasteiger partial charge >= 0.3 is 5.97 Å². The Kier molecular flexibility index (Phi) is 3.82. The van der Waals surface area contributed by atoms with Crippen molar-refractivity contribution in [2.45, 2.75) is 5.92 Å². The number of hydrogen-bond donors (Lipinski definition) is 4. The summed E-state index contributed by atoms with van der Waals surface area (Å²) >= 11 is 0. The summed E-state index contributed by atoms with van der Waals surface area (Å²) in [6.07, 6.45) is 1.63. The average Bonchev–Trinajstić information content (AvgIpc) is 2.82. The number of rotatable bonds is 5. The van der Waals surface area contributed by atoms with Gasteiger partial charge < -0.3 is 20.5 Å². The molecule has 100 valence electrons. The number of aliphatic hydroxyl groups excluding tert-OH is 1. The number of para-hydroxylation sites is 1. The number of nitrogens with one attached hydrogen (secondary N) is 2. The van der Waals surface area contributed by atoms with Crippen LogP contribution in [0.5, 0.6) is 0 Å². The number of aliphatic carboxylic acids is 1. The van der Waals surface area contributed by atoms with E-state index in [9.17, 15) is 14.7 Å². The van der Waals surface area contributed by atoms with E-state index >= 15 is 0 Å². The van der Waals surface area contributed by atoms with E-state index in [0.29, 0.717) is 5.56 Å². The summed E-state index contributed by atoms with van der Waals surface area (Å²) in [5.74, 6) is -2.47. The monoisotopic (exact) mass is 262 g/mol. The summed E-state index contributed by atoms with van der Waals surface area (Å²) in [6.45, 7) is -0.712. The number of aromatic amines is 1. The number of amides is 1. The fourth-order valence-electron chi connectivity index (χ4n) is 1.98. The van der Waals surface area contributed by atoms with Crippen molar-refractivity contribution >= 4 is 22.8 Å². The Hall–Kier alpha value is -2.34. The number of aromatic nitrogens is 1. The zero-order chi connectivity index (χ0) is 13.8. The highest BCUT2D eigenvalue weighted by Crippen LogP contribution is 2.25. The average molecular weight is 262 g/mol. The third-order valence-corrected chi connectivity index (χ3v) is 2.94. The van der Waals surface area contributed by atoms with E-state index in [1.807, 2.05) is 24.3 Å². The number of H-pyrrole nitrogens is 1. The van der Waals surface area contributed by atoms with Gasteiger partial charge in [0.15, 0.2) is 0 Å². The summed E-state index contributed by atoms with van der Waals surface area (Å²) in [6, 6.07) is 7.35. The Morgan fingerprint density at radius 1 is 1.32 bits per heavy atom. The smallest absolute Gasteiger partial charge is 0.312 e. The standard InChI is InChI=1S/C13H14N2O4/c16-7-12(17)15-6-10(13(18)19)9-5-14-11-4-2-1-3-8(9)11/h1-5,10,14,16H,6-7H2,(H,15,17)(H,18,19). The molecule has 0 fully saturated rings. The van der Waals surface area contributed by atoms with Gasteiger partial charge in [-0.25, -0.2) is 0 Å². The van der Waals surface area contributed by atoms with Gasteiger partial charge in [-0.1, -0.05) is 18.2 Å². The highest BCUT2D eigenvalue weighted by Gasteiger charge is 2.23. The number of carboxylic acid groups (broad SMARTS) is 1. The Bertz CT molecular complexity index is 605. The van der Waals surface area contributed by atoms with E-state index in [1.165, 1.54) is 0 Å². The van der Waals surface area contributed by atoms with Crippen LogP contribution in [0.2, 0.25) is 0 Å². The van der Waals surface area contributed by atoms with Crippen LogP contribution in [-0.4, -0.2) is 40.2 Å². The number of carbonyl (C=O) groups excluding carboxylic acids is 1. The van der Waals surface area contributed by atoms with Crippen LogP contribution in [0.25, 0.3) is 10.9 Å². The molecular formula is C13H14N2O4. The van der Waals surface area contributed by atoms with Crippen molar-refractivity contribution in [1.82, 2.24) is 10.3 Å². The van der Waals surface area contributed by atoms with Crippen molar-refractivity contribution in [3.8, 4) is 0 Å². The van der Waals surface area contributed by atoms with Gasteiger partial charge in [0, 0.05) is 23.6 Å². The quantitative estimate of drug-likeness (QED) is 0.628. The molecule has 1 aromatic carbocycles. The summed E-state index contributed by atoms with van der Waals surface area (Å²) in [5, 5.41) is 21.1. The molecule has 1 aromatic heterocycles. The van der Waals surface area contributed by atoms with Crippen molar-refractivity contribution in [1.29, 1.82) is 0 Å². The predicted octanol–water partition coefficient (Wildman–Crippen LogP) is 0.445. The number of aliphatic hydroxyl groups is 1. The molecule has 6 nitrogen and oxygen atoms in total. The molecule has 0 saturated carbocycles. The van der Waals surface area contributed by atoms with Crippen LogP contribution >= 0.6 is 0 Å². The van der Waals surface area contributed by atoms with Crippen LogP contribution in [0.4, 0.5) is 0 Å². The van der Waals surface area contributed by atoms with E-state index in [2.05, 4.69) is 10.3 Å². The lowest BCUT2D eigenvalue weighted by Crippen LogP contribution is -2.33. The molecule has 0 aliphatic carbocycles. The minimum Gasteiger partial charge on any atom is -0.481 e. The van der Waals surface area contributed by atoms with Crippen LogP contribution in [0.1, 0.15) is 11.5 Å². The summed E-state index contributed by atoms with van der Waals surface area (Å²) in [5.41, 5.74) is 1.46. The molecule has 1 atom stereocenters. The zero-order valence-corrected chi connectivity index (χ0v) is 10.1. The first-order valence-corrected chi connectivity index (χ1v) is 5.80. The van der Waals surface area contributed by atoms with Gasteiger partial charge in [0.25, 0.3) is 0 Å². The highest BCUT2D eigenvalue weighted by molar-refractivity contribution is 5.90. The van der Waals surface area contributed by atoms with Crippen LogP contribution in [0.3, 0.4) is 0 Å². The molecule has 6 heteroatoms. The number of carbonyl (C=O) groups is 2. The van der Waals surface area contributed by atoms with Gasteiger partial charge in [0.2, 0.25) is 5.91 Å². The molecule has 1 amide bonds.